The molecule has 33 heavy (non-hydrogen) atoms. The molecule has 1 atom stereocenters. The number of halogens is 1. The zero-order valence-electron chi connectivity index (χ0n) is 18.8. The molecule has 1 unspecified atom stereocenters. The van der Waals surface area contributed by atoms with E-state index in [-0.39, 0.29) is 17.6 Å². The molecule has 0 aliphatic carbocycles. The largest absolute Gasteiger partial charge is 0.361 e. The third-order valence-electron chi connectivity index (χ3n) is 5.76. The maximum absolute atomic E-state index is 13.4. The van der Waals surface area contributed by atoms with Gasteiger partial charge in [-0.2, -0.15) is 0 Å². The SMILES string of the molecule is CC(C)CCNC(=O)c1cccc(NC2c3ccccc3C(=O)N2Cc2ccc(F)cc2)c1. The van der Waals surface area contributed by atoms with Gasteiger partial charge < -0.3 is 15.5 Å². The van der Waals surface area contributed by atoms with Crippen molar-refractivity contribution in [2.45, 2.75) is 33.0 Å². The first-order chi connectivity index (χ1) is 15.9. The Morgan fingerprint density at radius 2 is 1.79 bits per heavy atom. The van der Waals surface area contributed by atoms with Crippen LogP contribution in [-0.2, 0) is 6.54 Å². The lowest BCUT2D eigenvalue weighted by Gasteiger charge is -2.27. The van der Waals surface area contributed by atoms with E-state index in [9.17, 15) is 14.0 Å². The van der Waals surface area contributed by atoms with Gasteiger partial charge in [-0.05, 0) is 54.3 Å². The second-order valence-electron chi connectivity index (χ2n) is 8.71. The standard InChI is InChI=1S/C27H28FN3O2/c1-18(2)14-15-29-26(32)20-6-5-7-22(16-20)30-25-23-8-3-4-9-24(23)27(33)31(25)17-19-10-12-21(28)13-11-19/h3-13,16,18,25,30H,14-15,17H2,1-2H3,(H,29,32). The van der Waals surface area contributed by atoms with Gasteiger partial charge in [0, 0.05) is 35.5 Å². The number of fused-ring (bicyclic) bond motifs is 1. The van der Waals surface area contributed by atoms with Crippen LogP contribution >= 0.6 is 0 Å². The number of anilines is 1. The van der Waals surface area contributed by atoms with Crippen molar-refractivity contribution < 1.29 is 14.0 Å². The van der Waals surface area contributed by atoms with Crippen molar-refractivity contribution >= 4 is 17.5 Å². The van der Waals surface area contributed by atoms with Crippen molar-refractivity contribution in [3.8, 4) is 0 Å². The van der Waals surface area contributed by atoms with E-state index in [0.717, 1.165) is 23.2 Å². The summed E-state index contributed by atoms with van der Waals surface area (Å²) in [5.74, 6) is -0.00122. The molecule has 0 radical (unpaired) electrons. The Labute approximate surface area is 193 Å². The molecular weight excluding hydrogens is 417 g/mol. The Balaban J connectivity index is 1.56. The van der Waals surface area contributed by atoms with Crippen LogP contribution in [0.3, 0.4) is 0 Å². The fraction of sp³-hybridized carbons (Fsp3) is 0.259. The summed E-state index contributed by atoms with van der Waals surface area (Å²) in [6.45, 7) is 5.20. The summed E-state index contributed by atoms with van der Waals surface area (Å²) < 4.78 is 13.4. The molecule has 3 aromatic carbocycles. The minimum atomic E-state index is -0.405. The number of nitrogens with one attached hydrogen (secondary N) is 2. The molecular formula is C27H28FN3O2. The summed E-state index contributed by atoms with van der Waals surface area (Å²) in [5.41, 5.74) is 3.65. The highest BCUT2D eigenvalue weighted by Crippen LogP contribution is 2.35. The van der Waals surface area contributed by atoms with E-state index in [4.69, 9.17) is 0 Å². The van der Waals surface area contributed by atoms with Crippen LogP contribution in [0.15, 0.2) is 72.8 Å². The van der Waals surface area contributed by atoms with E-state index < -0.39 is 6.17 Å². The Morgan fingerprint density at radius 3 is 2.55 bits per heavy atom. The third kappa shape index (κ3) is 5.22. The highest BCUT2D eigenvalue weighted by atomic mass is 19.1. The lowest BCUT2D eigenvalue weighted by Crippen LogP contribution is -2.32. The Bertz CT molecular complexity index is 1140. The van der Waals surface area contributed by atoms with Crippen molar-refractivity contribution in [3.63, 3.8) is 0 Å². The summed E-state index contributed by atoms with van der Waals surface area (Å²) in [6, 6.07) is 20.9. The van der Waals surface area contributed by atoms with Crippen LogP contribution in [0.2, 0.25) is 0 Å². The van der Waals surface area contributed by atoms with Crippen LogP contribution in [0.4, 0.5) is 10.1 Å². The van der Waals surface area contributed by atoms with Crippen molar-refractivity contribution in [2.24, 2.45) is 5.92 Å². The maximum Gasteiger partial charge on any atom is 0.256 e. The van der Waals surface area contributed by atoms with Gasteiger partial charge >= 0.3 is 0 Å². The molecule has 0 bridgehead atoms. The number of rotatable bonds is 8. The number of hydrogen-bond acceptors (Lipinski definition) is 3. The van der Waals surface area contributed by atoms with Crippen LogP contribution in [0.25, 0.3) is 0 Å². The van der Waals surface area contributed by atoms with Crippen molar-refractivity contribution in [1.82, 2.24) is 10.2 Å². The second kappa shape index (κ2) is 9.86. The van der Waals surface area contributed by atoms with Gasteiger partial charge in [0.25, 0.3) is 11.8 Å². The van der Waals surface area contributed by atoms with Crippen molar-refractivity contribution in [3.05, 3.63) is 101 Å². The number of carbonyl (C=O) groups is 2. The molecule has 2 N–H and O–H groups in total. The van der Waals surface area contributed by atoms with Gasteiger partial charge in [-0.25, -0.2) is 4.39 Å². The monoisotopic (exact) mass is 445 g/mol. The molecule has 0 saturated carbocycles. The van der Waals surface area contributed by atoms with Gasteiger partial charge in [-0.3, -0.25) is 9.59 Å². The van der Waals surface area contributed by atoms with Crippen LogP contribution in [0, 0.1) is 11.7 Å². The molecule has 1 heterocycles. The highest BCUT2D eigenvalue weighted by Gasteiger charge is 2.36. The first-order valence-corrected chi connectivity index (χ1v) is 11.2. The highest BCUT2D eigenvalue weighted by molar-refractivity contribution is 5.99. The fourth-order valence-electron chi connectivity index (χ4n) is 3.96. The van der Waals surface area contributed by atoms with E-state index in [2.05, 4.69) is 24.5 Å². The van der Waals surface area contributed by atoms with Crippen LogP contribution in [-0.4, -0.2) is 23.3 Å². The van der Waals surface area contributed by atoms with E-state index in [1.807, 2.05) is 36.4 Å². The summed E-state index contributed by atoms with van der Waals surface area (Å²) >= 11 is 0. The van der Waals surface area contributed by atoms with Crippen LogP contribution < -0.4 is 10.6 Å². The first kappa shape index (κ1) is 22.5. The molecule has 1 aliphatic rings. The van der Waals surface area contributed by atoms with E-state index >= 15 is 0 Å². The molecule has 0 saturated heterocycles. The van der Waals surface area contributed by atoms with E-state index in [1.165, 1.54) is 12.1 Å². The zero-order valence-corrected chi connectivity index (χ0v) is 18.8. The number of carbonyl (C=O) groups excluding carboxylic acids is 2. The molecule has 5 nitrogen and oxygen atoms in total. The summed E-state index contributed by atoms with van der Waals surface area (Å²) in [5, 5.41) is 6.39. The average molecular weight is 446 g/mol. The van der Waals surface area contributed by atoms with Gasteiger partial charge in [0.15, 0.2) is 0 Å². The Hall–Kier alpha value is -3.67. The second-order valence-corrected chi connectivity index (χ2v) is 8.71. The van der Waals surface area contributed by atoms with Gasteiger partial charge in [0.2, 0.25) is 0 Å². The van der Waals surface area contributed by atoms with Crippen LogP contribution in [0.1, 0.15) is 58.3 Å². The predicted molar refractivity (Wildman–Crippen MR) is 127 cm³/mol. The van der Waals surface area contributed by atoms with Crippen molar-refractivity contribution in [1.29, 1.82) is 0 Å². The minimum Gasteiger partial charge on any atom is -0.361 e. The van der Waals surface area contributed by atoms with Gasteiger partial charge in [-0.15, -0.1) is 0 Å². The smallest absolute Gasteiger partial charge is 0.256 e. The number of hydrogen-bond donors (Lipinski definition) is 2. The number of amides is 2. The van der Waals surface area contributed by atoms with Gasteiger partial charge in [-0.1, -0.05) is 50.2 Å². The number of benzene rings is 3. The molecule has 2 amide bonds. The molecule has 6 heteroatoms. The first-order valence-electron chi connectivity index (χ1n) is 11.2. The molecule has 170 valence electrons. The Morgan fingerprint density at radius 1 is 1.03 bits per heavy atom. The minimum absolute atomic E-state index is 0.0880. The van der Waals surface area contributed by atoms with E-state index in [1.54, 1.807) is 29.2 Å². The third-order valence-corrected chi connectivity index (χ3v) is 5.76. The fourth-order valence-corrected chi connectivity index (χ4v) is 3.96. The van der Waals surface area contributed by atoms with Gasteiger partial charge in [0.1, 0.15) is 12.0 Å². The molecule has 3 aromatic rings. The zero-order chi connectivity index (χ0) is 23.4. The summed E-state index contributed by atoms with van der Waals surface area (Å²) in [4.78, 5) is 27.5. The Kier molecular flexibility index (Phi) is 6.73. The topological polar surface area (TPSA) is 61.4 Å². The maximum atomic E-state index is 13.4. The molecule has 0 aromatic heterocycles. The molecule has 1 aliphatic heterocycles. The van der Waals surface area contributed by atoms with Gasteiger partial charge in [0.05, 0.1) is 0 Å². The molecule has 4 rings (SSSR count). The van der Waals surface area contributed by atoms with E-state index in [0.29, 0.717) is 30.1 Å². The normalized spacial score (nSPS) is 15.0. The number of nitrogens with zero attached hydrogens (tertiary/aromatic N) is 1. The van der Waals surface area contributed by atoms with Crippen LogP contribution in [0.5, 0.6) is 0 Å². The summed E-state index contributed by atoms with van der Waals surface area (Å²) in [7, 11) is 0. The lowest BCUT2D eigenvalue weighted by atomic mass is 10.1. The predicted octanol–water partition coefficient (Wildman–Crippen LogP) is 5.37. The summed E-state index contributed by atoms with van der Waals surface area (Å²) in [6.07, 6.45) is 0.515. The lowest BCUT2D eigenvalue weighted by molar-refractivity contribution is 0.0728. The average Bonchev–Trinajstić information content (AvgIpc) is 3.06. The van der Waals surface area contributed by atoms with Crippen molar-refractivity contribution in [2.75, 3.05) is 11.9 Å². The quantitative estimate of drug-likeness (QED) is 0.490. The molecule has 0 fully saturated rings. The molecule has 0 spiro atoms.